The van der Waals surface area contributed by atoms with Gasteiger partial charge < -0.3 is 14.0 Å². The molecule has 104 valence electrons. The summed E-state index contributed by atoms with van der Waals surface area (Å²) in [5, 5.41) is 16.0. The van der Waals surface area contributed by atoms with E-state index in [9.17, 15) is 0 Å². The van der Waals surface area contributed by atoms with Gasteiger partial charge in [0.1, 0.15) is 5.76 Å². The minimum Gasteiger partial charge on any atom is -0.360 e. The van der Waals surface area contributed by atoms with Crippen LogP contribution in [0.2, 0.25) is 0 Å². The van der Waals surface area contributed by atoms with Crippen LogP contribution in [0.15, 0.2) is 15.7 Å². The van der Waals surface area contributed by atoms with Crippen molar-refractivity contribution >= 4 is 11.8 Å². The Balaban J connectivity index is 1.95. The number of ether oxygens (including phenoxy) is 2. The predicted octanol–water partition coefficient (Wildman–Crippen LogP) is 0.881. The van der Waals surface area contributed by atoms with Crippen LogP contribution >= 0.6 is 11.8 Å². The van der Waals surface area contributed by atoms with E-state index in [0.717, 1.165) is 11.5 Å². The fourth-order valence-electron chi connectivity index (χ4n) is 1.42. The maximum absolute atomic E-state index is 5.13. The van der Waals surface area contributed by atoms with E-state index in [4.69, 9.17) is 14.0 Å². The second-order valence-electron chi connectivity index (χ2n) is 3.77. The number of aryl methyl sites for hydroxylation is 1. The molecule has 0 aliphatic heterocycles. The minimum absolute atomic E-state index is 0.379. The molecular weight excluding hydrogens is 270 g/mol. The molecule has 2 aromatic heterocycles. The zero-order valence-corrected chi connectivity index (χ0v) is 11.8. The van der Waals surface area contributed by atoms with Crippen molar-refractivity contribution < 1.29 is 14.0 Å². The lowest BCUT2D eigenvalue weighted by atomic mass is 10.4. The molecule has 8 nitrogen and oxygen atoms in total. The SMILES string of the molecule is COC(Cn1nnnc1SCc1cc(C)no1)OC. The summed E-state index contributed by atoms with van der Waals surface area (Å²) in [6.07, 6.45) is -0.379. The van der Waals surface area contributed by atoms with E-state index in [1.165, 1.54) is 11.8 Å². The third-order valence-electron chi connectivity index (χ3n) is 2.37. The van der Waals surface area contributed by atoms with E-state index >= 15 is 0 Å². The van der Waals surface area contributed by atoms with Crippen LogP contribution in [0.1, 0.15) is 11.5 Å². The Morgan fingerprint density at radius 3 is 2.84 bits per heavy atom. The molecule has 0 bridgehead atoms. The maximum atomic E-state index is 5.13. The zero-order valence-electron chi connectivity index (χ0n) is 10.9. The van der Waals surface area contributed by atoms with Crippen LogP contribution in [0.3, 0.4) is 0 Å². The van der Waals surface area contributed by atoms with E-state index < -0.39 is 0 Å². The molecule has 0 aliphatic carbocycles. The highest BCUT2D eigenvalue weighted by molar-refractivity contribution is 7.98. The third-order valence-corrected chi connectivity index (χ3v) is 3.35. The molecule has 0 spiro atoms. The number of aromatic nitrogens is 5. The number of tetrazole rings is 1. The first-order chi connectivity index (χ1) is 9.22. The Hall–Kier alpha value is -1.45. The fourth-order valence-corrected chi connectivity index (χ4v) is 2.18. The van der Waals surface area contributed by atoms with Crippen molar-refractivity contribution in [2.75, 3.05) is 14.2 Å². The zero-order chi connectivity index (χ0) is 13.7. The maximum Gasteiger partial charge on any atom is 0.209 e. The van der Waals surface area contributed by atoms with E-state index in [1.54, 1.807) is 18.9 Å². The van der Waals surface area contributed by atoms with Gasteiger partial charge in [-0.05, 0) is 17.4 Å². The molecule has 9 heteroatoms. The molecule has 0 unspecified atom stereocenters. The van der Waals surface area contributed by atoms with Gasteiger partial charge in [0.15, 0.2) is 6.29 Å². The number of nitrogens with zero attached hydrogens (tertiary/aromatic N) is 5. The average molecular weight is 285 g/mol. The van der Waals surface area contributed by atoms with Crippen molar-refractivity contribution in [1.29, 1.82) is 0 Å². The lowest BCUT2D eigenvalue weighted by Crippen LogP contribution is -2.21. The van der Waals surface area contributed by atoms with Crippen LogP contribution in [0.4, 0.5) is 0 Å². The third kappa shape index (κ3) is 3.75. The van der Waals surface area contributed by atoms with Gasteiger partial charge in [-0.2, -0.15) is 0 Å². The topological polar surface area (TPSA) is 88.1 Å². The van der Waals surface area contributed by atoms with Gasteiger partial charge in [-0.1, -0.05) is 16.9 Å². The molecular formula is C10H15N5O3S. The molecule has 0 aliphatic rings. The summed E-state index contributed by atoms with van der Waals surface area (Å²) >= 11 is 1.47. The lowest BCUT2D eigenvalue weighted by molar-refractivity contribution is -0.113. The van der Waals surface area contributed by atoms with Crippen LogP contribution in [-0.2, 0) is 21.8 Å². The molecule has 0 amide bonds. The molecule has 2 heterocycles. The Bertz CT molecular complexity index is 511. The molecule has 0 fully saturated rings. The minimum atomic E-state index is -0.379. The van der Waals surface area contributed by atoms with Gasteiger partial charge >= 0.3 is 0 Å². The molecule has 0 saturated heterocycles. The van der Waals surface area contributed by atoms with E-state index in [1.807, 2.05) is 13.0 Å². The molecule has 0 N–H and O–H groups in total. The molecule has 0 radical (unpaired) electrons. The number of methoxy groups -OCH3 is 2. The van der Waals surface area contributed by atoms with Crippen molar-refractivity contribution in [2.24, 2.45) is 0 Å². The molecule has 0 saturated carbocycles. The van der Waals surface area contributed by atoms with E-state index in [2.05, 4.69) is 20.7 Å². The highest BCUT2D eigenvalue weighted by Crippen LogP contribution is 2.20. The number of hydrogen-bond acceptors (Lipinski definition) is 8. The largest absolute Gasteiger partial charge is 0.360 e. The molecule has 19 heavy (non-hydrogen) atoms. The van der Waals surface area contributed by atoms with Crippen molar-refractivity contribution in [1.82, 2.24) is 25.4 Å². The number of rotatable bonds is 7. The first kappa shape index (κ1) is 14.0. The monoisotopic (exact) mass is 285 g/mol. The Kier molecular flexibility index (Phi) is 4.88. The quantitative estimate of drug-likeness (QED) is 0.547. The van der Waals surface area contributed by atoms with E-state index in [0.29, 0.717) is 17.5 Å². The van der Waals surface area contributed by atoms with Gasteiger partial charge in [0.25, 0.3) is 0 Å². The molecule has 2 rings (SSSR count). The van der Waals surface area contributed by atoms with Crippen LogP contribution < -0.4 is 0 Å². The summed E-state index contributed by atoms with van der Waals surface area (Å²) in [4.78, 5) is 0. The van der Waals surface area contributed by atoms with Crippen LogP contribution in [0, 0.1) is 6.92 Å². The predicted molar refractivity (Wildman–Crippen MR) is 66.4 cm³/mol. The highest BCUT2D eigenvalue weighted by Gasteiger charge is 2.13. The lowest BCUT2D eigenvalue weighted by Gasteiger charge is -2.13. The summed E-state index contributed by atoms with van der Waals surface area (Å²) in [5.74, 6) is 1.40. The number of thioether (sulfide) groups is 1. The molecule has 2 aromatic rings. The standard InChI is InChI=1S/C10H15N5O3S/c1-7-4-8(18-12-7)6-19-10-11-13-14-15(10)5-9(16-2)17-3/h4,9H,5-6H2,1-3H3. The first-order valence-electron chi connectivity index (χ1n) is 5.59. The summed E-state index contributed by atoms with van der Waals surface area (Å²) in [6, 6.07) is 1.88. The summed E-state index contributed by atoms with van der Waals surface area (Å²) in [5.41, 5.74) is 0.856. The van der Waals surface area contributed by atoms with Gasteiger partial charge in [-0.15, -0.1) is 5.10 Å². The number of hydrogen-bond donors (Lipinski definition) is 0. The highest BCUT2D eigenvalue weighted by atomic mass is 32.2. The average Bonchev–Trinajstić information content (AvgIpc) is 3.02. The summed E-state index contributed by atoms with van der Waals surface area (Å²) < 4.78 is 17.0. The second-order valence-corrected chi connectivity index (χ2v) is 4.71. The smallest absolute Gasteiger partial charge is 0.209 e. The van der Waals surface area contributed by atoms with Crippen molar-refractivity contribution in [3.05, 3.63) is 17.5 Å². The van der Waals surface area contributed by atoms with Gasteiger partial charge in [0.05, 0.1) is 18.0 Å². The molecule has 0 aromatic carbocycles. The van der Waals surface area contributed by atoms with Crippen molar-refractivity contribution in [3.63, 3.8) is 0 Å². The van der Waals surface area contributed by atoms with Crippen molar-refractivity contribution in [2.45, 2.75) is 30.7 Å². The normalized spacial score (nSPS) is 11.4. The summed E-state index contributed by atoms with van der Waals surface area (Å²) in [7, 11) is 3.14. The molecule has 0 atom stereocenters. The van der Waals surface area contributed by atoms with Gasteiger partial charge in [-0.3, -0.25) is 0 Å². The Labute approximate surface area is 114 Å². The van der Waals surface area contributed by atoms with Gasteiger partial charge in [0, 0.05) is 20.3 Å². The Morgan fingerprint density at radius 1 is 1.42 bits per heavy atom. The van der Waals surface area contributed by atoms with E-state index in [-0.39, 0.29) is 6.29 Å². The van der Waals surface area contributed by atoms with Crippen LogP contribution in [0.5, 0.6) is 0 Å². The fraction of sp³-hybridized carbons (Fsp3) is 0.600. The first-order valence-corrected chi connectivity index (χ1v) is 6.58. The Morgan fingerprint density at radius 2 is 2.21 bits per heavy atom. The van der Waals surface area contributed by atoms with Crippen molar-refractivity contribution in [3.8, 4) is 0 Å². The van der Waals surface area contributed by atoms with Crippen LogP contribution in [0.25, 0.3) is 0 Å². The second kappa shape index (κ2) is 6.64. The van der Waals surface area contributed by atoms with Gasteiger partial charge in [0.2, 0.25) is 5.16 Å². The van der Waals surface area contributed by atoms with Crippen LogP contribution in [-0.4, -0.2) is 45.9 Å². The van der Waals surface area contributed by atoms with Gasteiger partial charge in [-0.25, -0.2) is 4.68 Å². The summed E-state index contributed by atoms with van der Waals surface area (Å²) in [6.45, 7) is 2.31.